The van der Waals surface area contributed by atoms with Crippen LogP contribution in [0.1, 0.15) is 67.4 Å². The van der Waals surface area contributed by atoms with Crippen LogP contribution in [0.15, 0.2) is 140 Å². The van der Waals surface area contributed by atoms with Crippen molar-refractivity contribution in [3.8, 4) is 5.75 Å². The predicted molar refractivity (Wildman–Crippen MR) is 323 cm³/mol. The molecule has 1 saturated heterocycles. The number of fused-ring (bicyclic) bond motifs is 3. The third-order valence-corrected chi connectivity index (χ3v) is 17.0. The van der Waals surface area contributed by atoms with Gasteiger partial charge in [-0.05, 0) is 93.7 Å². The van der Waals surface area contributed by atoms with Crippen LogP contribution in [0.2, 0.25) is 0 Å². The van der Waals surface area contributed by atoms with Crippen molar-refractivity contribution in [3.05, 3.63) is 162 Å². The second-order valence-corrected chi connectivity index (χ2v) is 23.3. The Bertz CT molecular complexity index is 3480. The highest BCUT2D eigenvalue weighted by atomic mass is 33.1. The quantitative estimate of drug-likeness (QED) is 0.0480. The number of nitrogens with two attached hydrogens (primary N) is 3. The van der Waals surface area contributed by atoms with Gasteiger partial charge in [-0.1, -0.05) is 151 Å². The minimum Gasteiger partial charge on any atom is -0.508 e. The molecule has 6 aromatic carbocycles. The fraction of sp³-hybridized carbons (Fsp3) is 0.311. The SMILES string of the molecule is CC(C)C1NC(=O)[C@H](CCCCN)NC(=O)C(Cc2c[nH]c3ccccc23)NC(=O)[C@H](Cc2ccc(O)cc2)NC(=O)C(NC(=O)[C@@H](N)c2cccc3ccccc23)CSSCC(C(=O)N[C@H](C(N)=O)c2cccc3ccccc23)NC1=O. The Morgan fingerprint density at radius 1 is 0.627 bits per heavy atom. The van der Waals surface area contributed by atoms with Gasteiger partial charge in [0.15, 0.2) is 0 Å². The number of phenols is 1. The second-order valence-electron chi connectivity index (χ2n) is 20.8. The van der Waals surface area contributed by atoms with Crippen LogP contribution in [-0.2, 0) is 51.2 Å². The predicted octanol–water partition coefficient (Wildman–Crippen LogP) is 4.10. The number of H-pyrrole nitrogens is 1. The van der Waals surface area contributed by atoms with Crippen molar-refractivity contribution in [1.29, 1.82) is 0 Å². The van der Waals surface area contributed by atoms with Crippen molar-refractivity contribution in [3.63, 3.8) is 0 Å². The summed E-state index contributed by atoms with van der Waals surface area (Å²) in [5.41, 5.74) is 21.4. The van der Waals surface area contributed by atoms with Gasteiger partial charge >= 0.3 is 0 Å². The lowest BCUT2D eigenvalue weighted by Gasteiger charge is -2.29. The zero-order chi connectivity index (χ0) is 59.2. The number of hydrogen-bond acceptors (Lipinski definition) is 13. The lowest BCUT2D eigenvalue weighted by atomic mass is 9.98. The minimum atomic E-state index is -1.42. The molecule has 8 rings (SSSR count). The number of nitrogens with one attached hydrogen (secondary N) is 8. The molecule has 1 aromatic heterocycles. The number of phenolic OH excluding ortho intramolecular Hbond substituents is 1. The van der Waals surface area contributed by atoms with E-state index in [-0.39, 0.29) is 43.1 Å². The molecule has 0 bridgehead atoms. The number of aromatic amines is 1. The van der Waals surface area contributed by atoms with Gasteiger partial charge in [0.2, 0.25) is 47.3 Å². The van der Waals surface area contributed by atoms with E-state index in [9.17, 15) is 38.7 Å². The van der Waals surface area contributed by atoms with Gasteiger partial charge in [-0.2, -0.15) is 0 Å². The topological polar surface area (TPSA) is 335 Å². The molecule has 8 amide bonds. The first-order valence-corrected chi connectivity index (χ1v) is 29.9. The number of benzene rings is 6. The fourth-order valence-corrected chi connectivity index (χ4v) is 12.3. The summed E-state index contributed by atoms with van der Waals surface area (Å²) < 4.78 is 0. The van der Waals surface area contributed by atoms with E-state index in [1.165, 1.54) is 12.1 Å². The summed E-state index contributed by atoms with van der Waals surface area (Å²) in [5.74, 6) is -7.30. The van der Waals surface area contributed by atoms with E-state index in [4.69, 9.17) is 17.2 Å². The molecule has 83 heavy (non-hydrogen) atoms. The summed E-state index contributed by atoms with van der Waals surface area (Å²) in [6, 6.07) is 27.8. The first kappa shape index (κ1) is 60.7. The van der Waals surface area contributed by atoms with Gasteiger partial charge in [-0.25, -0.2) is 0 Å². The van der Waals surface area contributed by atoms with Crippen molar-refractivity contribution < 1.29 is 43.5 Å². The molecule has 22 heteroatoms. The summed E-state index contributed by atoms with van der Waals surface area (Å²) in [5, 5.41) is 33.7. The van der Waals surface area contributed by atoms with Crippen molar-refractivity contribution in [2.75, 3.05) is 18.1 Å². The smallest absolute Gasteiger partial charge is 0.244 e. The first-order chi connectivity index (χ1) is 40.0. The Morgan fingerprint density at radius 3 is 1.86 bits per heavy atom. The fourth-order valence-electron chi connectivity index (χ4n) is 10.0. The largest absolute Gasteiger partial charge is 0.508 e. The maximum Gasteiger partial charge on any atom is 0.244 e. The van der Waals surface area contributed by atoms with E-state index in [2.05, 4.69) is 42.2 Å². The van der Waals surface area contributed by atoms with Gasteiger partial charge in [0.05, 0.1) is 0 Å². The highest BCUT2D eigenvalue weighted by Gasteiger charge is 2.37. The molecule has 7 aromatic rings. The molecule has 1 fully saturated rings. The highest BCUT2D eigenvalue weighted by molar-refractivity contribution is 8.76. The second kappa shape index (κ2) is 28.5. The highest BCUT2D eigenvalue weighted by Crippen LogP contribution is 2.29. The van der Waals surface area contributed by atoms with Crippen LogP contribution >= 0.6 is 21.6 Å². The van der Waals surface area contributed by atoms with Crippen molar-refractivity contribution in [1.82, 2.24) is 42.2 Å². The summed E-state index contributed by atoms with van der Waals surface area (Å²) in [7, 11) is 2.11. The average Bonchev–Trinajstić information content (AvgIpc) is 4.03. The molecule has 0 aliphatic carbocycles. The Hall–Kier alpha value is -8.44. The molecule has 434 valence electrons. The number of aromatic hydroxyl groups is 1. The van der Waals surface area contributed by atoms with Crippen LogP contribution in [-0.4, -0.2) is 112 Å². The third kappa shape index (κ3) is 15.6. The van der Waals surface area contributed by atoms with Gasteiger partial charge < -0.3 is 64.5 Å². The maximum absolute atomic E-state index is 15.0. The Labute approximate surface area is 487 Å². The third-order valence-electron chi connectivity index (χ3n) is 14.5. The summed E-state index contributed by atoms with van der Waals surface area (Å²) in [6.45, 7) is 3.67. The maximum atomic E-state index is 15.0. The van der Waals surface area contributed by atoms with Crippen LogP contribution in [0.3, 0.4) is 0 Å². The van der Waals surface area contributed by atoms with Crippen molar-refractivity contribution in [2.24, 2.45) is 23.1 Å². The number of para-hydroxylation sites is 1. The number of rotatable bonds is 16. The standard InChI is InChI=1S/C61H69N11O9S2/c1-34(2)52-61(81)70-50(59(79)72-53(54(64)74)44-21-12-16-37-14-4-6-18-41(37)44)33-83-82-32-49(69-60(80)51(63)43-20-11-15-36-13-3-5-17-40(36)43)58(78)67-47(29-35-24-26-39(73)27-25-35)56(76)68-48(30-38-31-65-45-22-8-7-19-42(38)45)57(77)66-46(55(75)71-52)23-9-10-28-62/h3-8,11-22,24-27,31,34,46-53,65,73H,9-10,23,28-30,32-33,62-63H2,1-2H3,(H2,64,74)(H,66,77)(H,67,78)(H,68,76)(H,69,80)(H,70,81)(H,71,75)(H,72,79)/t46-,47-,48?,49?,50?,51-,52?,53-/m0/s1. The van der Waals surface area contributed by atoms with Gasteiger partial charge in [0, 0.05) is 41.4 Å². The molecule has 20 nitrogen and oxygen atoms in total. The van der Waals surface area contributed by atoms with E-state index >= 15 is 4.79 Å². The molecule has 4 unspecified atom stereocenters. The molecule has 0 saturated carbocycles. The molecule has 0 radical (unpaired) electrons. The number of hydrogen-bond donors (Lipinski definition) is 12. The van der Waals surface area contributed by atoms with Gasteiger partial charge in [0.1, 0.15) is 54.1 Å². The molecular weight excluding hydrogens is 1090 g/mol. The number of primary amides is 1. The van der Waals surface area contributed by atoms with Gasteiger partial charge in [-0.15, -0.1) is 0 Å². The van der Waals surface area contributed by atoms with Crippen LogP contribution < -0.4 is 54.4 Å². The Morgan fingerprint density at radius 2 is 1.19 bits per heavy atom. The zero-order valence-corrected chi connectivity index (χ0v) is 47.5. The number of carbonyl (C=O) groups excluding carboxylic acids is 8. The van der Waals surface area contributed by atoms with E-state index < -0.39 is 102 Å². The molecule has 15 N–H and O–H groups in total. The van der Waals surface area contributed by atoms with E-state index in [0.717, 1.165) is 43.3 Å². The van der Waals surface area contributed by atoms with Crippen LogP contribution in [0.5, 0.6) is 5.75 Å². The number of amides is 8. The van der Waals surface area contributed by atoms with E-state index in [1.807, 2.05) is 72.8 Å². The molecule has 0 spiro atoms. The van der Waals surface area contributed by atoms with Gasteiger partial charge in [0.25, 0.3) is 0 Å². The Balaban J connectivity index is 1.18. The number of aromatic nitrogens is 1. The molecular formula is C61H69N11O9S2. The molecule has 2 heterocycles. The molecule has 1 aliphatic heterocycles. The minimum absolute atomic E-state index is 0.0460. The lowest BCUT2D eigenvalue weighted by Crippen LogP contribution is -2.61. The van der Waals surface area contributed by atoms with E-state index in [1.54, 1.807) is 68.6 Å². The van der Waals surface area contributed by atoms with Crippen molar-refractivity contribution >= 4 is 101 Å². The summed E-state index contributed by atoms with van der Waals surface area (Å²) in [6.07, 6.45) is 2.41. The zero-order valence-electron chi connectivity index (χ0n) is 45.9. The molecule has 1 aliphatic rings. The van der Waals surface area contributed by atoms with Crippen LogP contribution in [0.25, 0.3) is 32.4 Å². The summed E-state index contributed by atoms with van der Waals surface area (Å²) >= 11 is 0. The molecule has 8 atom stereocenters. The number of carbonyl (C=O) groups is 8. The van der Waals surface area contributed by atoms with Crippen molar-refractivity contribution in [2.45, 2.75) is 94.3 Å². The average molecular weight is 1160 g/mol. The van der Waals surface area contributed by atoms with Crippen LogP contribution in [0, 0.1) is 5.92 Å². The first-order valence-electron chi connectivity index (χ1n) is 27.4. The lowest BCUT2D eigenvalue weighted by molar-refractivity contribution is -0.136. The summed E-state index contributed by atoms with van der Waals surface area (Å²) in [4.78, 5) is 120. The monoisotopic (exact) mass is 1160 g/mol. The Kier molecular flexibility index (Phi) is 20.8. The number of unbranched alkanes of at least 4 members (excludes halogenated alkanes) is 1. The van der Waals surface area contributed by atoms with Crippen LogP contribution in [0.4, 0.5) is 0 Å². The van der Waals surface area contributed by atoms with Gasteiger partial charge in [-0.3, -0.25) is 38.4 Å². The van der Waals surface area contributed by atoms with E-state index in [0.29, 0.717) is 45.9 Å². The normalized spacial score (nSPS) is 20.5.